The van der Waals surface area contributed by atoms with Crippen LogP contribution in [0.5, 0.6) is 0 Å². The lowest BCUT2D eigenvalue weighted by Crippen LogP contribution is -2.47. The average Bonchev–Trinajstić information content (AvgIpc) is 2.76. The molecule has 0 aromatic heterocycles. The molecule has 1 fully saturated rings. The molecule has 1 aliphatic rings. The predicted molar refractivity (Wildman–Crippen MR) is 74.0 cm³/mol. The molecule has 2 amide bonds. The second kappa shape index (κ2) is 7.26. The Morgan fingerprint density at radius 2 is 2.10 bits per heavy atom. The summed E-state index contributed by atoms with van der Waals surface area (Å²) in [6.45, 7) is 6.70. The Hall–Kier alpha value is -1.59. The minimum absolute atomic E-state index is 0.0255. The molecule has 0 radical (unpaired) electrons. The van der Waals surface area contributed by atoms with Crippen LogP contribution in [0.2, 0.25) is 0 Å². The van der Waals surface area contributed by atoms with Gasteiger partial charge in [0.25, 0.3) is 0 Å². The van der Waals surface area contributed by atoms with Crippen LogP contribution < -0.4 is 5.32 Å². The SMILES string of the molecule is CCCN1CC(C(=O)NC(C(=O)O)C(C)CC)CC1=O. The van der Waals surface area contributed by atoms with Crippen LogP contribution in [0.4, 0.5) is 0 Å². The first kappa shape index (κ1) is 16.5. The molecule has 1 saturated heterocycles. The van der Waals surface area contributed by atoms with Gasteiger partial charge in [0.2, 0.25) is 11.8 Å². The number of rotatable bonds is 7. The molecular formula is C14H24N2O4. The summed E-state index contributed by atoms with van der Waals surface area (Å²) in [4.78, 5) is 36.7. The molecule has 3 unspecified atom stereocenters. The molecule has 0 spiro atoms. The minimum atomic E-state index is -1.03. The van der Waals surface area contributed by atoms with Gasteiger partial charge in [0, 0.05) is 19.5 Å². The van der Waals surface area contributed by atoms with Crippen LogP contribution in [-0.2, 0) is 14.4 Å². The number of aliphatic carboxylic acids is 1. The summed E-state index contributed by atoms with van der Waals surface area (Å²) in [5.41, 5.74) is 0. The Balaban J connectivity index is 2.62. The van der Waals surface area contributed by atoms with Gasteiger partial charge in [-0.1, -0.05) is 27.2 Å². The Bertz CT molecular complexity index is 383. The smallest absolute Gasteiger partial charge is 0.326 e. The van der Waals surface area contributed by atoms with Gasteiger partial charge in [-0.05, 0) is 12.3 Å². The second-order valence-electron chi connectivity index (χ2n) is 5.45. The molecule has 0 aromatic carbocycles. The van der Waals surface area contributed by atoms with Crippen molar-refractivity contribution in [3.63, 3.8) is 0 Å². The molecule has 114 valence electrons. The molecule has 0 aliphatic carbocycles. The quantitative estimate of drug-likeness (QED) is 0.726. The van der Waals surface area contributed by atoms with Crippen molar-refractivity contribution in [1.29, 1.82) is 0 Å². The number of amides is 2. The maximum Gasteiger partial charge on any atom is 0.326 e. The lowest BCUT2D eigenvalue weighted by atomic mass is 9.98. The van der Waals surface area contributed by atoms with E-state index < -0.39 is 17.9 Å². The first-order chi connectivity index (χ1) is 9.40. The molecule has 1 rings (SSSR count). The highest BCUT2D eigenvalue weighted by atomic mass is 16.4. The number of carboxylic acids is 1. The second-order valence-corrected chi connectivity index (χ2v) is 5.45. The van der Waals surface area contributed by atoms with E-state index in [1.807, 2.05) is 13.8 Å². The van der Waals surface area contributed by atoms with Gasteiger partial charge in [0.1, 0.15) is 6.04 Å². The normalized spacial score (nSPS) is 21.6. The molecule has 0 saturated carbocycles. The summed E-state index contributed by atoms with van der Waals surface area (Å²) >= 11 is 0. The van der Waals surface area contributed by atoms with E-state index in [1.54, 1.807) is 11.8 Å². The van der Waals surface area contributed by atoms with Gasteiger partial charge in [0.05, 0.1) is 5.92 Å². The van der Waals surface area contributed by atoms with Gasteiger partial charge in [0.15, 0.2) is 0 Å². The molecule has 2 N–H and O–H groups in total. The highest BCUT2D eigenvalue weighted by molar-refractivity contribution is 5.91. The van der Waals surface area contributed by atoms with E-state index >= 15 is 0 Å². The zero-order valence-corrected chi connectivity index (χ0v) is 12.4. The lowest BCUT2D eigenvalue weighted by molar-refractivity contribution is -0.143. The van der Waals surface area contributed by atoms with Crippen LogP contribution in [0.15, 0.2) is 0 Å². The van der Waals surface area contributed by atoms with E-state index in [1.165, 1.54) is 0 Å². The Labute approximate surface area is 119 Å². The summed E-state index contributed by atoms with van der Waals surface area (Å²) in [7, 11) is 0. The van der Waals surface area contributed by atoms with E-state index in [9.17, 15) is 14.4 Å². The highest BCUT2D eigenvalue weighted by Gasteiger charge is 2.36. The Morgan fingerprint density at radius 1 is 1.45 bits per heavy atom. The number of carbonyl (C=O) groups is 3. The zero-order chi connectivity index (χ0) is 15.3. The molecule has 6 nitrogen and oxygen atoms in total. The van der Waals surface area contributed by atoms with Crippen molar-refractivity contribution in [2.24, 2.45) is 11.8 Å². The molecule has 6 heteroatoms. The number of nitrogens with one attached hydrogen (secondary N) is 1. The first-order valence-corrected chi connectivity index (χ1v) is 7.21. The van der Waals surface area contributed by atoms with Crippen molar-refractivity contribution >= 4 is 17.8 Å². The van der Waals surface area contributed by atoms with Crippen molar-refractivity contribution in [3.8, 4) is 0 Å². The maximum absolute atomic E-state index is 12.1. The number of hydrogen-bond donors (Lipinski definition) is 2. The highest BCUT2D eigenvalue weighted by Crippen LogP contribution is 2.19. The lowest BCUT2D eigenvalue weighted by Gasteiger charge is -2.22. The topological polar surface area (TPSA) is 86.7 Å². The largest absolute Gasteiger partial charge is 0.480 e. The third kappa shape index (κ3) is 3.95. The summed E-state index contributed by atoms with van der Waals surface area (Å²) in [6, 6.07) is -0.886. The molecule has 0 aromatic rings. The van der Waals surface area contributed by atoms with Gasteiger partial charge in [-0.2, -0.15) is 0 Å². The monoisotopic (exact) mass is 284 g/mol. The number of carbonyl (C=O) groups excluding carboxylic acids is 2. The van der Waals surface area contributed by atoms with Gasteiger partial charge in [-0.3, -0.25) is 9.59 Å². The number of likely N-dealkylation sites (tertiary alicyclic amines) is 1. The zero-order valence-electron chi connectivity index (χ0n) is 12.4. The summed E-state index contributed by atoms with van der Waals surface area (Å²) in [5, 5.41) is 11.7. The number of nitrogens with zero attached hydrogens (tertiary/aromatic N) is 1. The van der Waals surface area contributed by atoms with E-state index in [0.717, 1.165) is 6.42 Å². The van der Waals surface area contributed by atoms with Crippen molar-refractivity contribution in [2.45, 2.75) is 46.1 Å². The van der Waals surface area contributed by atoms with E-state index in [0.29, 0.717) is 19.5 Å². The Kier molecular flexibility index (Phi) is 5.98. The van der Waals surface area contributed by atoms with Crippen LogP contribution in [0.1, 0.15) is 40.0 Å². The molecule has 1 heterocycles. The van der Waals surface area contributed by atoms with Crippen molar-refractivity contribution in [2.75, 3.05) is 13.1 Å². The van der Waals surface area contributed by atoms with Gasteiger partial charge in [-0.15, -0.1) is 0 Å². The predicted octanol–water partition coefficient (Wildman–Crippen LogP) is 0.860. The van der Waals surface area contributed by atoms with Crippen molar-refractivity contribution in [1.82, 2.24) is 10.2 Å². The summed E-state index contributed by atoms with van der Waals surface area (Å²) in [5.74, 6) is -1.95. The minimum Gasteiger partial charge on any atom is -0.480 e. The van der Waals surface area contributed by atoms with Crippen LogP contribution in [0, 0.1) is 11.8 Å². The number of hydrogen-bond acceptors (Lipinski definition) is 3. The maximum atomic E-state index is 12.1. The fourth-order valence-electron chi connectivity index (χ4n) is 2.39. The van der Waals surface area contributed by atoms with Crippen molar-refractivity contribution < 1.29 is 19.5 Å². The van der Waals surface area contributed by atoms with Crippen LogP contribution in [-0.4, -0.2) is 46.9 Å². The summed E-state index contributed by atoms with van der Waals surface area (Å²) in [6.07, 6.45) is 1.70. The van der Waals surface area contributed by atoms with Crippen LogP contribution in [0.3, 0.4) is 0 Å². The molecule has 1 aliphatic heterocycles. The first-order valence-electron chi connectivity index (χ1n) is 7.21. The summed E-state index contributed by atoms with van der Waals surface area (Å²) < 4.78 is 0. The van der Waals surface area contributed by atoms with Crippen molar-refractivity contribution in [3.05, 3.63) is 0 Å². The molecule has 3 atom stereocenters. The molecular weight excluding hydrogens is 260 g/mol. The van der Waals surface area contributed by atoms with Crippen LogP contribution >= 0.6 is 0 Å². The fourth-order valence-corrected chi connectivity index (χ4v) is 2.39. The fraction of sp³-hybridized carbons (Fsp3) is 0.786. The van der Waals surface area contributed by atoms with Gasteiger partial charge < -0.3 is 15.3 Å². The molecule has 20 heavy (non-hydrogen) atoms. The van der Waals surface area contributed by atoms with E-state index in [-0.39, 0.29) is 24.2 Å². The third-order valence-corrected chi connectivity index (χ3v) is 3.86. The Morgan fingerprint density at radius 3 is 2.60 bits per heavy atom. The van der Waals surface area contributed by atoms with Gasteiger partial charge >= 0.3 is 5.97 Å². The third-order valence-electron chi connectivity index (χ3n) is 3.86. The van der Waals surface area contributed by atoms with E-state index in [4.69, 9.17) is 5.11 Å². The average molecular weight is 284 g/mol. The van der Waals surface area contributed by atoms with E-state index in [2.05, 4.69) is 5.32 Å². The molecule has 0 bridgehead atoms. The van der Waals surface area contributed by atoms with Crippen LogP contribution in [0.25, 0.3) is 0 Å². The standard InChI is InChI=1S/C14H24N2O4/c1-4-6-16-8-10(7-11(16)17)13(18)15-12(14(19)20)9(3)5-2/h9-10,12H,4-8H2,1-3H3,(H,15,18)(H,19,20). The number of carboxylic acid groups (broad SMARTS) is 1. The van der Waals surface area contributed by atoms with Gasteiger partial charge in [-0.25, -0.2) is 4.79 Å².